The molecular formula is C15H24N2O. The first-order valence-electron chi connectivity index (χ1n) is 6.48. The Morgan fingerprint density at radius 1 is 1.33 bits per heavy atom. The van der Waals surface area contributed by atoms with Gasteiger partial charge in [0.15, 0.2) is 0 Å². The van der Waals surface area contributed by atoms with E-state index in [1.165, 1.54) is 5.56 Å². The van der Waals surface area contributed by atoms with Gasteiger partial charge in [0, 0.05) is 12.6 Å². The van der Waals surface area contributed by atoms with Crippen molar-refractivity contribution in [2.45, 2.75) is 32.4 Å². The van der Waals surface area contributed by atoms with E-state index in [1.54, 1.807) is 0 Å². The van der Waals surface area contributed by atoms with Crippen molar-refractivity contribution in [1.82, 2.24) is 5.32 Å². The van der Waals surface area contributed by atoms with Gasteiger partial charge in [-0.15, -0.1) is 6.58 Å². The molecule has 1 atom stereocenters. The lowest BCUT2D eigenvalue weighted by molar-refractivity contribution is 0.242. The lowest BCUT2D eigenvalue weighted by Gasteiger charge is -2.17. The molecule has 0 aromatic heterocycles. The Balaban J connectivity index is 2.60. The van der Waals surface area contributed by atoms with Gasteiger partial charge >= 0.3 is 0 Å². The molecule has 0 radical (unpaired) electrons. The third kappa shape index (κ3) is 4.90. The fraction of sp³-hybridized carbons (Fsp3) is 0.467. The maximum Gasteiger partial charge on any atom is 0.119 e. The lowest BCUT2D eigenvalue weighted by atomic mass is 10.1. The second kappa shape index (κ2) is 7.90. The molecule has 18 heavy (non-hydrogen) atoms. The van der Waals surface area contributed by atoms with Gasteiger partial charge < -0.3 is 15.8 Å². The van der Waals surface area contributed by atoms with Gasteiger partial charge in [-0.2, -0.15) is 0 Å². The first kappa shape index (κ1) is 14.7. The van der Waals surface area contributed by atoms with Crippen molar-refractivity contribution in [3.05, 3.63) is 42.5 Å². The van der Waals surface area contributed by atoms with Gasteiger partial charge in [0.2, 0.25) is 0 Å². The normalized spacial score (nSPS) is 12.4. The van der Waals surface area contributed by atoms with Crippen LogP contribution in [0.5, 0.6) is 5.75 Å². The van der Waals surface area contributed by atoms with Crippen LogP contribution < -0.4 is 15.8 Å². The average molecular weight is 248 g/mol. The van der Waals surface area contributed by atoms with Crippen LogP contribution in [-0.4, -0.2) is 19.2 Å². The van der Waals surface area contributed by atoms with E-state index >= 15 is 0 Å². The zero-order valence-electron chi connectivity index (χ0n) is 11.4. The van der Waals surface area contributed by atoms with E-state index in [1.807, 2.05) is 32.1 Å². The quantitative estimate of drug-likeness (QED) is 0.549. The molecule has 1 aromatic carbocycles. The molecule has 0 heterocycles. The minimum atomic E-state index is 0.193. The highest BCUT2D eigenvalue weighted by Gasteiger charge is 2.08. The molecular weight excluding hydrogens is 224 g/mol. The van der Waals surface area contributed by atoms with Crippen LogP contribution in [0.1, 0.15) is 31.9 Å². The van der Waals surface area contributed by atoms with Crippen molar-refractivity contribution in [3.63, 3.8) is 0 Å². The molecule has 0 fully saturated rings. The van der Waals surface area contributed by atoms with Gasteiger partial charge in [-0.25, -0.2) is 0 Å². The summed E-state index contributed by atoms with van der Waals surface area (Å²) in [4.78, 5) is 0. The van der Waals surface area contributed by atoms with Gasteiger partial charge in [0.1, 0.15) is 5.75 Å². The second-order valence-corrected chi connectivity index (χ2v) is 4.56. The van der Waals surface area contributed by atoms with Gasteiger partial charge in [-0.3, -0.25) is 0 Å². The number of ether oxygens (including phenoxy) is 1. The number of rotatable bonds is 8. The summed E-state index contributed by atoms with van der Waals surface area (Å²) in [5, 5.41) is 3.41. The molecule has 1 unspecified atom stereocenters. The maximum atomic E-state index is 5.79. The highest BCUT2D eigenvalue weighted by molar-refractivity contribution is 5.29. The van der Waals surface area contributed by atoms with E-state index in [0.29, 0.717) is 6.54 Å². The molecule has 100 valence electrons. The fourth-order valence-corrected chi connectivity index (χ4v) is 1.75. The van der Waals surface area contributed by atoms with E-state index in [2.05, 4.69) is 24.0 Å². The van der Waals surface area contributed by atoms with E-state index in [-0.39, 0.29) is 12.1 Å². The minimum Gasteiger partial charge on any atom is -0.491 e. The summed E-state index contributed by atoms with van der Waals surface area (Å²) in [5.41, 5.74) is 6.98. The molecule has 0 spiro atoms. The topological polar surface area (TPSA) is 47.3 Å². The van der Waals surface area contributed by atoms with E-state index in [4.69, 9.17) is 10.5 Å². The van der Waals surface area contributed by atoms with Crippen LogP contribution in [0.3, 0.4) is 0 Å². The Morgan fingerprint density at radius 2 is 2.00 bits per heavy atom. The molecule has 3 nitrogen and oxygen atoms in total. The van der Waals surface area contributed by atoms with Crippen LogP contribution in [0.25, 0.3) is 0 Å². The monoisotopic (exact) mass is 248 g/mol. The Morgan fingerprint density at radius 3 is 2.50 bits per heavy atom. The van der Waals surface area contributed by atoms with Gasteiger partial charge in [0.25, 0.3) is 0 Å². The maximum absolute atomic E-state index is 5.79. The SMILES string of the molecule is C=CCCNC(CN)c1ccc(OC(C)C)cc1. The molecule has 0 aliphatic carbocycles. The van der Waals surface area contributed by atoms with Crippen molar-refractivity contribution in [1.29, 1.82) is 0 Å². The van der Waals surface area contributed by atoms with Crippen LogP contribution in [-0.2, 0) is 0 Å². The molecule has 0 aliphatic heterocycles. The van der Waals surface area contributed by atoms with E-state index < -0.39 is 0 Å². The summed E-state index contributed by atoms with van der Waals surface area (Å²) in [5.74, 6) is 0.899. The van der Waals surface area contributed by atoms with Crippen LogP contribution >= 0.6 is 0 Å². The van der Waals surface area contributed by atoms with Crippen molar-refractivity contribution in [2.75, 3.05) is 13.1 Å². The highest BCUT2D eigenvalue weighted by Crippen LogP contribution is 2.18. The number of hydrogen-bond acceptors (Lipinski definition) is 3. The summed E-state index contributed by atoms with van der Waals surface area (Å²) >= 11 is 0. The smallest absolute Gasteiger partial charge is 0.119 e. The van der Waals surface area contributed by atoms with E-state index in [9.17, 15) is 0 Å². The third-order valence-corrected chi connectivity index (χ3v) is 2.63. The van der Waals surface area contributed by atoms with Crippen molar-refractivity contribution >= 4 is 0 Å². The molecule has 0 amide bonds. The number of nitrogens with two attached hydrogens (primary N) is 1. The summed E-state index contributed by atoms with van der Waals surface area (Å²) < 4.78 is 5.62. The van der Waals surface area contributed by atoms with Gasteiger partial charge in [0.05, 0.1) is 6.10 Å². The first-order valence-corrected chi connectivity index (χ1v) is 6.48. The number of benzene rings is 1. The summed E-state index contributed by atoms with van der Waals surface area (Å²) in [6, 6.07) is 8.31. The minimum absolute atomic E-state index is 0.193. The molecule has 0 bridgehead atoms. The van der Waals surface area contributed by atoms with Crippen molar-refractivity contribution in [3.8, 4) is 5.75 Å². The molecule has 0 saturated carbocycles. The third-order valence-electron chi connectivity index (χ3n) is 2.63. The standard InChI is InChI=1S/C15H24N2O/c1-4-5-10-17-15(11-16)13-6-8-14(9-7-13)18-12(2)3/h4,6-9,12,15,17H,1,5,10-11,16H2,2-3H3. The number of nitrogens with one attached hydrogen (secondary N) is 1. The Labute approximate surface area is 110 Å². The van der Waals surface area contributed by atoms with Crippen LogP contribution in [0.4, 0.5) is 0 Å². The Hall–Kier alpha value is -1.32. The highest BCUT2D eigenvalue weighted by atomic mass is 16.5. The lowest BCUT2D eigenvalue weighted by Crippen LogP contribution is -2.28. The molecule has 0 aliphatic rings. The van der Waals surface area contributed by atoms with Gasteiger partial charge in [-0.1, -0.05) is 18.2 Å². The zero-order valence-corrected chi connectivity index (χ0v) is 11.4. The average Bonchev–Trinajstić information content (AvgIpc) is 2.35. The molecule has 1 rings (SSSR count). The molecule has 1 aromatic rings. The predicted molar refractivity (Wildman–Crippen MR) is 76.8 cm³/mol. The molecule has 3 N–H and O–H groups in total. The second-order valence-electron chi connectivity index (χ2n) is 4.56. The van der Waals surface area contributed by atoms with Crippen LogP contribution in [0.15, 0.2) is 36.9 Å². The number of hydrogen-bond donors (Lipinski definition) is 2. The summed E-state index contributed by atoms with van der Waals surface area (Å²) in [6.45, 7) is 9.23. The van der Waals surface area contributed by atoms with E-state index in [0.717, 1.165) is 18.7 Å². The Kier molecular flexibility index (Phi) is 6.47. The van der Waals surface area contributed by atoms with Gasteiger partial charge in [-0.05, 0) is 44.5 Å². The Bertz CT molecular complexity index is 346. The fourth-order valence-electron chi connectivity index (χ4n) is 1.75. The first-order chi connectivity index (χ1) is 8.67. The van der Waals surface area contributed by atoms with Crippen LogP contribution in [0, 0.1) is 0 Å². The van der Waals surface area contributed by atoms with Crippen molar-refractivity contribution < 1.29 is 4.74 Å². The summed E-state index contributed by atoms with van der Waals surface area (Å²) in [7, 11) is 0. The molecule has 3 heteroatoms. The van der Waals surface area contributed by atoms with Crippen molar-refractivity contribution in [2.24, 2.45) is 5.73 Å². The predicted octanol–water partition coefficient (Wildman–Crippen LogP) is 2.64. The zero-order chi connectivity index (χ0) is 13.4. The molecule has 0 saturated heterocycles. The summed E-state index contributed by atoms with van der Waals surface area (Å²) in [6.07, 6.45) is 3.05. The van der Waals surface area contributed by atoms with Crippen LogP contribution in [0.2, 0.25) is 0 Å². The largest absolute Gasteiger partial charge is 0.491 e.